The van der Waals surface area contributed by atoms with Gasteiger partial charge >= 0.3 is 0 Å². The molecule has 0 spiro atoms. The molecule has 0 bridgehead atoms. The van der Waals surface area contributed by atoms with Crippen molar-refractivity contribution in [1.29, 1.82) is 0 Å². The van der Waals surface area contributed by atoms with Gasteiger partial charge in [0.05, 0.1) is 12.2 Å². The van der Waals surface area contributed by atoms with Gasteiger partial charge in [0.15, 0.2) is 5.96 Å². The van der Waals surface area contributed by atoms with E-state index in [4.69, 9.17) is 0 Å². The van der Waals surface area contributed by atoms with Crippen LogP contribution in [0.4, 0.5) is 0 Å². The van der Waals surface area contributed by atoms with Crippen LogP contribution < -0.4 is 16.0 Å². The molecular formula is C17H21N5O. The predicted molar refractivity (Wildman–Crippen MR) is 91.2 cm³/mol. The van der Waals surface area contributed by atoms with E-state index in [1.807, 2.05) is 36.4 Å². The first-order valence-electron chi connectivity index (χ1n) is 7.47. The standard InChI is InChI=1S/C17H21N5O/c1-18-17(22-13-15-9-5-6-10-19-15)21-12-11-20-16(23)14-7-3-2-4-8-14/h2-10H,11-13H2,1H3,(H,20,23)(H2,18,21,22). The summed E-state index contributed by atoms with van der Waals surface area (Å²) >= 11 is 0. The highest BCUT2D eigenvalue weighted by Crippen LogP contribution is 1.97. The number of guanidine groups is 1. The summed E-state index contributed by atoms with van der Waals surface area (Å²) in [6.45, 7) is 1.69. The third-order valence-electron chi connectivity index (χ3n) is 3.13. The summed E-state index contributed by atoms with van der Waals surface area (Å²) in [6.07, 6.45) is 1.76. The van der Waals surface area contributed by atoms with Gasteiger partial charge in [-0.15, -0.1) is 0 Å². The van der Waals surface area contributed by atoms with E-state index >= 15 is 0 Å². The fourth-order valence-electron chi connectivity index (χ4n) is 1.95. The number of carbonyl (C=O) groups excluding carboxylic acids is 1. The first-order valence-corrected chi connectivity index (χ1v) is 7.47. The summed E-state index contributed by atoms with van der Waals surface area (Å²) in [6, 6.07) is 14.9. The Balaban J connectivity index is 1.67. The number of nitrogens with one attached hydrogen (secondary N) is 3. The maximum Gasteiger partial charge on any atom is 0.251 e. The van der Waals surface area contributed by atoms with Crippen molar-refractivity contribution in [3.8, 4) is 0 Å². The summed E-state index contributed by atoms with van der Waals surface area (Å²) < 4.78 is 0. The van der Waals surface area contributed by atoms with Crippen LogP contribution in [0.1, 0.15) is 16.1 Å². The summed E-state index contributed by atoms with van der Waals surface area (Å²) in [7, 11) is 1.70. The van der Waals surface area contributed by atoms with Gasteiger partial charge in [0, 0.05) is 31.9 Å². The molecule has 0 atom stereocenters. The third kappa shape index (κ3) is 5.78. The quantitative estimate of drug-likeness (QED) is 0.425. The van der Waals surface area contributed by atoms with E-state index in [1.54, 1.807) is 25.4 Å². The van der Waals surface area contributed by atoms with Crippen LogP contribution in [0.5, 0.6) is 0 Å². The molecule has 0 aliphatic heterocycles. The molecule has 2 rings (SSSR count). The molecule has 0 saturated heterocycles. The van der Waals surface area contributed by atoms with E-state index in [0.29, 0.717) is 31.2 Å². The Morgan fingerprint density at radius 3 is 2.43 bits per heavy atom. The molecule has 0 fully saturated rings. The van der Waals surface area contributed by atoms with Crippen LogP contribution in [0.25, 0.3) is 0 Å². The van der Waals surface area contributed by atoms with E-state index in [1.165, 1.54) is 0 Å². The van der Waals surface area contributed by atoms with Crippen molar-refractivity contribution in [1.82, 2.24) is 20.9 Å². The second kappa shape index (κ2) is 9.19. The zero-order valence-electron chi connectivity index (χ0n) is 13.1. The van der Waals surface area contributed by atoms with Crippen LogP contribution in [0, 0.1) is 0 Å². The highest BCUT2D eigenvalue weighted by Gasteiger charge is 2.03. The van der Waals surface area contributed by atoms with Crippen molar-refractivity contribution in [2.75, 3.05) is 20.1 Å². The van der Waals surface area contributed by atoms with Crippen LogP contribution in [0.15, 0.2) is 59.7 Å². The molecule has 1 amide bonds. The molecule has 6 nitrogen and oxygen atoms in total. The maximum atomic E-state index is 11.9. The van der Waals surface area contributed by atoms with E-state index in [2.05, 4.69) is 25.9 Å². The molecule has 6 heteroatoms. The largest absolute Gasteiger partial charge is 0.355 e. The zero-order valence-corrected chi connectivity index (χ0v) is 13.1. The minimum atomic E-state index is -0.0798. The molecule has 1 aromatic heterocycles. The number of rotatable bonds is 6. The lowest BCUT2D eigenvalue weighted by Gasteiger charge is -2.12. The highest BCUT2D eigenvalue weighted by atomic mass is 16.1. The van der Waals surface area contributed by atoms with Crippen molar-refractivity contribution < 1.29 is 4.79 Å². The summed E-state index contributed by atoms with van der Waals surface area (Å²) in [5.41, 5.74) is 1.60. The van der Waals surface area contributed by atoms with Gasteiger partial charge in [0.2, 0.25) is 0 Å². The number of hydrogen-bond donors (Lipinski definition) is 3. The predicted octanol–water partition coefficient (Wildman–Crippen LogP) is 1.18. The molecule has 1 aromatic carbocycles. The highest BCUT2D eigenvalue weighted by molar-refractivity contribution is 5.94. The monoisotopic (exact) mass is 311 g/mol. The minimum Gasteiger partial charge on any atom is -0.355 e. The van der Waals surface area contributed by atoms with Crippen LogP contribution in [0.3, 0.4) is 0 Å². The number of aliphatic imine (C=N–C) groups is 1. The Morgan fingerprint density at radius 2 is 1.74 bits per heavy atom. The van der Waals surface area contributed by atoms with Crippen molar-refractivity contribution in [2.24, 2.45) is 4.99 Å². The topological polar surface area (TPSA) is 78.4 Å². The summed E-state index contributed by atoms with van der Waals surface area (Å²) in [4.78, 5) is 20.2. The lowest BCUT2D eigenvalue weighted by atomic mass is 10.2. The average Bonchev–Trinajstić information content (AvgIpc) is 2.62. The van der Waals surface area contributed by atoms with Gasteiger partial charge in [-0.25, -0.2) is 0 Å². The van der Waals surface area contributed by atoms with Crippen LogP contribution in [-0.2, 0) is 6.54 Å². The fraction of sp³-hybridized carbons (Fsp3) is 0.235. The van der Waals surface area contributed by atoms with Crippen molar-refractivity contribution in [3.05, 3.63) is 66.0 Å². The fourth-order valence-corrected chi connectivity index (χ4v) is 1.95. The third-order valence-corrected chi connectivity index (χ3v) is 3.13. The number of amides is 1. The van der Waals surface area contributed by atoms with E-state index < -0.39 is 0 Å². The lowest BCUT2D eigenvalue weighted by molar-refractivity contribution is 0.0954. The number of benzene rings is 1. The summed E-state index contributed by atoms with van der Waals surface area (Å²) in [5.74, 6) is 0.591. The van der Waals surface area contributed by atoms with Crippen LogP contribution >= 0.6 is 0 Å². The minimum absolute atomic E-state index is 0.0798. The van der Waals surface area contributed by atoms with E-state index in [-0.39, 0.29) is 5.91 Å². The number of nitrogens with zero attached hydrogens (tertiary/aromatic N) is 2. The molecule has 1 heterocycles. The van der Waals surface area contributed by atoms with Gasteiger partial charge < -0.3 is 16.0 Å². The first kappa shape index (κ1) is 16.5. The number of carbonyl (C=O) groups is 1. The van der Waals surface area contributed by atoms with Crippen molar-refractivity contribution in [2.45, 2.75) is 6.54 Å². The lowest BCUT2D eigenvalue weighted by Crippen LogP contribution is -2.41. The number of hydrogen-bond acceptors (Lipinski definition) is 3. The Labute approximate surface area is 136 Å². The molecule has 0 radical (unpaired) electrons. The molecule has 120 valence electrons. The Bertz CT molecular complexity index is 628. The SMILES string of the molecule is CN=C(NCCNC(=O)c1ccccc1)NCc1ccccn1. The van der Waals surface area contributed by atoms with Crippen molar-refractivity contribution in [3.63, 3.8) is 0 Å². The average molecular weight is 311 g/mol. The van der Waals surface area contributed by atoms with E-state index in [0.717, 1.165) is 5.69 Å². The van der Waals surface area contributed by atoms with Gasteiger partial charge in [-0.05, 0) is 24.3 Å². The maximum absolute atomic E-state index is 11.9. The van der Waals surface area contributed by atoms with Gasteiger partial charge in [0.1, 0.15) is 0 Å². The molecule has 23 heavy (non-hydrogen) atoms. The number of aromatic nitrogens is 1. The zero-order chi connectivity index (χ0) is 16.3. The Morgan fingerprint density at radius 1 is 1.00 bits per heavy atom. The Kier molecular flexibility index (Phi) is 6.59. The molecule has 0 unspecified atom stereocenters. The molecule has 0 aliphatic carbocycles. The van der Waals surface area contributed by atoms with Gasteiger partial charge in [0.25, 0.3) is 5.91 Å². The molecule has 2 aromatic rings. The summed E-state index contributed by atoms with van der Waals surface area (Å²) in [5, 5.41) is 9.17. The van der Waals surface area contributed by atoms with Crippen LogP contribution in [-0.4, -0.2) is 37.0 Å². The normalized spacial score (nSPS) is 10.9. The smallest absolute Gasteiger partial charge is 0.251 e. The van der Waals surface area contributed by atoms with Gasteiger partial charge in [-0.3, -0.25) is 14.8 Å². The number of pyridine rings is 1. The van der Waals surface area contributed by atoms with Gasteiger partial charge in [-0.1, -0.05) is 24.3 Å². The van der Waals surface area contributed by atoms with E-state index in [9.17, 15) is 4.79 Å². The van der Waals surface area contributed by atoms with Crippen LogP contribution in [0.2, 0.25) is 0 Å². The van der Waals surface area contributed by atoms with Gasteiger partial charge in [-0.2, -0.15) is 0 Å². The first-order chi connectivity index (χ1) is 11.3. The molecular weight excluding hydrogens is 290 g/mol. The molecule has 3 N–H and O–H groups in total. The second-order valence-corrected chi connectivity index (χ2v) is 4.80. The van der Waals surface area contributed by atoms with Crippen molar-refractivity contribution >= 4 is 11.9 Å². The second-order valence-electron chi connectivity index (χ2n) is 4.80. The molecule has 0 saturated carbocycles. The molecule has 0 aliphatic rings. The Hall–Kier alpha value is -2.89.